The average molecular weight is 421 g/mol. The number of amides is 1. The highest BCUT2D eigenvalue weighted by atomic mass is 35.5. The molecule has 1 aromatic heterocycles. The summed E-state index contributed by atoms with van der Waals surface area (Å²) in [4.78, 5) is 18.4. The van der Waals surface area contributed by atoms with Crippen LogP contribution in [-0.2, 0) is 0 Å². The molecule has 4 aromatic rings. The zero-order chi connectivity index (χ0) is 20.2. The number of hydrogen-bond donors (Lipinski definition) is 1. The number of aromatic nitrogens is 1. The molecule has 0 atom stereocenters. The Kier molecular flexibility index (Phi) is 5.69. The first kappa shape index (κ1) is 19.3. The van der Waals surface area contributed by atoms with Crippen molar-refractivity contribution >= 4 is 35.0 Å². The molecule has 0 saturated carbocycles. The quantitative estimate of drug-likeness (QED) is 0.368. The fourth-order valence-corrected chi connectivity index (χ4v) is 3.50. The lowest BCUT2D eigenvalue weighted by Crippen LogP contribution is -2.13. The molecule has 0 bridgehead atoms. The van der Waals surface area contributed by atoms with Gasteiger partial charge in [0, 0.05) is 26.7 Å². The third kappa shape index (κ3) is 4.36. The Bertz CT molecular complexity index is 1160. The number of oxazole rings is 1. The van der Waals surface area contributed by atoms with E-state index in [2.05, 4.69) is 10.3 Å². The fourth-order valence-electron chi connectivity index (χ4n) is 2.91. The van der Waals surface area contributed by atoms with E-state index in [4.69, 9.17) is 16.0 Å². The number of nitrogens with zero attached hydrogens (tertiary/aromatic N) is 1. The molecule has 144 valence electrons. The number of benzene rings is 3. The second-order valence-corrected chi connectivity index (χ2v) is 7.58. The van der Waals surface area contributed by atoms with Crippen molar-refractivity contribution in [3.63, 3.8) is 0 Å². The first-order valence-corrected chi connectivity index (χ1v) is 10.5. The van der Waals surface area contributed by atoms with E-state index in [1.165, 1.54) is 0 Å². The van der Waals surface area contributed by atoms with E-state index >= 15 is 0 Å². The summed E-state index contributed by atoms with van der Waals surface area (Å²) in [7, 11) is 0. The largest absolute Gasteiger partial charge is 0.436 e. The molecule has 3 aromatic carbocycles. The van der Waals surface area contributed by atoms with Crippen LogP contribution in [0.5, 0.6) is 0 Å². The molecule has 0 aliphatic heterocycles. The van der Waals surface area contributed by atoms with Crippen LogP contribution in [0, 0.1) is 0 Å². The van der Waals surface area contributed by atoms with Gasteiger partial charge in [-0.2, -0.15) is 0 Å². The molecule has 4 rings (SSSR count). The number of halogens is 1. The lowest BCUT2D eigenvalue weighted by Gasteiger charge is -2.09. The summed E-state index contributed by atoms with van der Waals surface area (Å²) in [5.41, 5.74) is 2.73. The summed E-state index contributed by atoms with van der Waals surface area (Å²) in [6, 6.07) is 22.3. The molecule has 0 saturated heterocycles. The molecule has 0 radical (unpaired) electrons. The van der Waals surface area contributed by atoms with Gasteiger partial charge in [0.15, 0.2) is 5.76 Å². The molecule has 29 heavy (non-hydrogen) atoms. The van der Waals surface area contributed by atoms with Crippen molar-refractivity contribution in [2.45, 2.75) is 4.90 Å². The number of hydrogen-bond acceptors (Lipinski definition) is 4. The van der Waals surface area contributed by atoms with Crippen LogP contribution in [0.15, 0.2) is 88.3 Å². The van der Waals surface area contributed by atoms with Crippen molar-refractivity contribution in [1.29, 1.82) is 0 Å². The van der Waals surface area contributed by atoms with E-state index in [1.807, 2.05) is 60.9 Å². The second-order valence-electron chi connectivity index (χ2n) is 6.27. The minimum absolute atomic E-state index is 0.218. The first-order valence-electron chi connectivity index (χ1n) is 8.90. The summed E-state index contributed by atoms with van der Waals surface area (Å²) in [6.45, 7) is 0. The van der Waals surface area contributed by atoms with Crippen LogP contribution in [-0.4, -0.2) is 17.1 Å². The van der Waals surface area contributed by atoms with Crippen molar-refractivity contribution in [3.05, 3.63) is 89.6 Å². The molecule has 0 aliphatic carbocycles. The van der Waals surface area contributed by atoms with Gasteiger partial charge in [-0.15, -0.1) is 11.8 Å². The van der Waals surface area contributed by atoms with Crippen molar-refractivity contribution in [2.24, 2.45) is 0 Å². The summed E-state index contributed by atoms with van der Waals surface area (Å²) < 4.78 is 5.94. The second kappa shape index (κ2) is 8.55. The molecule has 1 heterocycles. The van der Waals surface area contributed by atoms with Crippen LogP contribution in [0.25, 0.3) is 22.8 Å². The Morgan fingerprint density at radius 1 is 1.03 bits per heavy atom. The lowest BCUT2D eigenvalue weighted by atomic mass is 10.1. The first-order chi connectivity index (χ1) is 14.1. The predicted octanol–water partition coefficient (Wildman–Crippen LogP) is 6.64. The van der Waals surface area contributed by atoms with Gasteiger partial charge >= 0.3 is 0 Å². The molecule has 1 amide bonds. The maximum absolute atomic E-state index is 12.9. The number of thioether (sulfide) groups is 1. The molecule has 1 N–H and O–H groups in total. The number of rotatable bonds is 5. The minimum atomic E-state index is -0.218. The van der Waals surface area contributed by atoms with Gasteiger partial charge < -0.3 is 9.73 Å². The fraction of sp³-hybridized carbons (Fsp3) is 0.0435. The van der Waals surface area contributed by atoms with Crippen LogP contribution in [0.4, 0.5) is 5.69 Å². The van der Waals surface area contributed by atoms with Gasteiger partial charge in [-0.1, -0.05) is 29.8 Å². The van der Waals surface area contributed by atoms with E-state index in [0.717, 1.165) is 16.1 Å². The Labute approximate surface area is 177 Å². The van der Waals surface area contributed by atoms with Crippen LogP contribution in [0.2, 0.25) is 5.02 Å². The summed E-state index contributed by atoms with van der Waals surface area (Å²) in [5, 5.41) is 3.61. The Balaban J connectivity index is 1.63. The summed E-state index contributed by atoms with van der Waals surface area (Å²) in [6.07, 6.45) is 3.65. The van der Waals surface area contributed by atoms with Gasteiger partial charge in [0.1, 0.15) is 0 Å². The zero-order valence-corrected chi connectivity index (χ0v) is 17.1. The van der Waals surface area contributed by atoms with Gasteiger partial charge in [0.25, 0.3) is 5.91 Å². The number of nitrogens with one attached hydrogen (secondary N) is 1. The number of carbonyl (C=O) groups excluding carboxylic acids is 1. The number of anilines is 1. The van der Waals surface area contributed by atoms with E-state index < -0.39 is 0 Å². The van der Waals surface area contributed by atoms with E-state index in [0.29, 0.717) is 27.8 Å². The maximum Gasteiger partial charge on any atom is 0.256 e. The maximum atomic E-state index is 12.9. The highest BCUT2D eigenvalue weighted by molar-refractivity contribution is 7.98. The van der Waals surface area contributed by atoms with E-state index in [1.54, 1.807) is 36.2 Å². The van der Waals surface area contributed by atoms with E-state index in [-0.39, 0.29) is 5.91 Å². The standard InChI is InChI=1S/C23H17ClN2O2S/c1-29-18-6-4-5-17(13-18)26-22(27)19-7-2-3-8-20(19)23-25-14-21(28-23)15-9-11-16(24)12-10-15/h2-14H,1H3,(H,26,27). The van der Waals surface area contributed by atoms with Crippen molar-refractivity contribution < 1.29 is 9.21 Å². The van der Waals surface area contributed by atoms with E-state index in [9.17, 15) is 4.79 Å². The molecular formula is C23H17ClN2O2S. The number of carbonyl (C=O) groups is 1. The van der Waals surface area contributed by atoms with Gasteiger partial charge in [-0.25, -0.2) is 4.98 Å². The highest BCUT2D eigenvalue weighted by Gasteiger charge is 2.17. The zero-order valence-electron chi connectivity index (χ0n) is 15.6. The van der Waals surface area contributed by atoms with Crippen molar-refractivity contribution in [2.75, 3.05) is 11.6 Å². The van der Waals surface area contributed by atoms with Gasteiger partial charge in [-0.3, -0.25) is 4.79 Å². The highest BCUT2D eigenvalue weighted by Crippen LogP contribution is 2.29. The summed E-state index contributed by atoms with van der Waals surface area (Å²) >= 11 is 7.57. The molecule has 6 heteroatoms. The smallest absolute Gasteiger partial charge is 0.256 e. The SMILES string of the molecule is CSc1cccc(NC(=O)c2ccccc2-c2ncc(-c3ccc(Cl)cc3)o2)c1. The predicted molar refractivity (Wildman–Crippen MR) is 119 cm³/mol. The topological polar surface area (TPSA) is 55.1 Å². The molecular weight excluding hydrogens is 404 g/mol. The van der Waals surface area contributed by atoms with Crippen molar-refractivity contribution in [3.8, 4) is 22.8 Å². The Hall–Kier alpha value is -3.02. The van der Waals surface area contributed by atoms with Crippen LogP contribution in [0.1, 0.15) is 10.4 Å². The molecule has 0 spiro atoms. The Morgan fingerprint density at radius 3 is 2.62 bits per heavy atom. The van der Waals surface area contributed by atoms with Crippen molar-refractivity contribution in [1.82, 2.24) is 4.98 Å². The van der Waals surface area contributed by atoms with Gasteiger partial charge in [0.05, 0.1) is 11.8 Å². The third-order valence-electron chi connectivity index (χ3n) is 4.36. The monoisotopic (exact) mass is 420 g/mol. The minimum Gasteiger partial charge on any atom is -0.436 e. The van der Waals surface area contributed by atoms with Crippen LogP contribution in [0.3, 0.4) is 0 Å². The lowest BCUT2D eigenvalue weighted by molar-refractivity contribution is 0.102. The average Bonchev–Trinajstić information content (AvgIpc) is 3.24. The molecule has 4 nitrogen and oxygen atoms in total. The van der Waals surface area contributed by atoms with Gasteiger partial charge in [0.2, 0.25) is 5.89 Å². The van der Waals surface area contributed by atoms with Crippen LogP contribution >= 0.6 is 23.4 Å². The third-order valence-corrected chi connectivity index (χ3v) is 5.34. The summed E-state index contributed by atoms with van der Waals surface area (Å²) in [5.74, 6) is 0.781. The van der Waals surface area contributed by atoms with Crippen LogP contribution < -0.4 is 5.32 Å². The molecule has 0 fully saturated rings. The van der Waals surface area contributed by atoms with Gasteiger partial charge in [-0.05, 0) is 60.9 Å². The Morgan fingerprint density at radius 2 is 1.83 bits per heavy atom. The molecule has 0 aliphatic rings. The molecule has 0 unspecified atom stereocenters. The normalized spacial score (nSPS) is 10.7.